The zero-order valence-corrected chi connectivity index (χ0v) is 11.4. The van der Waals surface area contributed by atoms with Crippen LogP contribution >= 0.6 is 15.9 Å². The Balaban J connectivity index is 2.12. The minimum atomic E-state index is -4.45. The highest BCUT2D eigenvalue weighted by molar-refractivity contribution is 9.10. The van der Waals surface area contributed by atoms with Crippen LogP contribution in [0.4, 0.5) is 19.0 Å². The topological polar surface area (TPSA) is 54.9 Å². The van der Waals surface area contributed by atoms with E-state index in [1.54, 1.807) is 0 Å². The van der Waals surface area contributed by atoms with Crippen molar-refractivity contribution in [3.63, 3.8) is 0 Å². The molecule has 2 rings (SSSR count). The predicted molar refractivity (Wildman–Crippen MR) is 69.1 cm³/mol. The highest BCUT2D eigenvalue weighted by atomic mass is 79.9. The van der Waals surface area contributed by atoms with E-state index in [1.807, 2.05) is 0 Å². The second-order valence-corrected chi connectivity index (χ2v) is 4.69. The number of pyridine rings is 2. The maximum absolute atomic E-state index is 12.4. The molecule has 1 N–H and O–H groups in total. The standard InChI is InChI=1S/C12H7BrF3N3O/c13-9-3-7(4-17-6-9)11(20)19-10-2-1-8(5-18-10)12(14,15)16/h1-6H,(H,18,19,20). The summed E-state index contributed by atoms with van der Waals surface area (Å²) in [5.41, 5.74) is -0.610. The highest BCUT2D eigenvalue weighted by Crippen LogP contribution is 2.28. The van der Waals surface area contributed by atoms with Crippen molar-refractivity contribution >= 4 is 27.7 Å². The SMILES string of the molecule is O=C(Nc1ccc(C(F)(F)F)cn1)c1cncc(Br)c1. The lowest BCUT2D eigenvalue weighted by atomic mass is 10.2. The first kappa shape index (κ1) is 14.4. The lowest BCUT2D eigenvalue weighted by Gasteiger charge is -2.08. The number of halogens is 4. The number of carbonyl (C=O) groups excluding carboxylic acids is 1. The van der Waals surface area contributed by atoms with E-state index in [4.69, 9.17) is 0 Å². The third-order valence-corrected chi connectivity index (χ3v) is 2.73. The summed E-state index contributed by atoms with van der Waals surface area (Å²) in [7, 11) is 0. The van der Waals surface area contributed by atoms with Gasteiger partial charge >= 0.3 is 6.18 Å². The Kier molecular flexibility index (Phi) is 4.03. The Bertz CT molecular complexity index is 629. The van der Waals surface area contributed by atoms with Gasteiger partial charge in [-0.1, -0.05) is 0 Å². The van der Waals surface area contributed by atoms with Gasteiger partial charge in [-0.25, -0.2) is 4.98 Å². The normalized spacial score (nSPS) is 11.2. The maximum Gasteiger partial charge on any atom is 0.417 e. The molecule has 2 aromatic rings. The van der Waals surface area contributed by atoms with Crippen LogP contribution in [0.5, 0.6) is 0 Å². The fourth-order valence-electron chi connectivity index (χ4n) is 1.36. The first-order valence-corrected chi connectivity index (χ1v) is 6.11. The van der Waals surface area contributed by atoms with E-state index in [-0.39, 0.29) is 11.4 Å². The zero-order chi connectivity index (χ0) is 14.8. The third kappa shape index (κ3) is 3.53. The van der Waals surface area contributed by atoms with E-state index < -0.39 is 17.6 Å². The van der Waals surface area contributed by atoms with Crippen LogP contribution in [0.2, 0.25) is 0 Å². The molecule has 2 aromatic heterocycles. The van der Waals surface area contributed by atoms with Gasteiger partial charge in [0, 0.05) is 23.1 Å². The fourth-order valence-corrected chi connectivity index (χ4v) is 1.72. The van der Waals surface area contributed by atoms with Crippen molar-refractivity contribution in [2.75, 3.05) is 5.32 Å². The van der Waals surface area contributed by atoms with Gasteiger partial charge in [-0.05, 0) is 34.1 Å². The van der Waals surface area contributed by atoms with Gasteiger partial charge < -0.3 is 5.32 Å². The van der Waals surface area contributed by atoms with Crippen molar-refractivity contribution < 1.29 is 18.0 Å². The number of nitrogens with one attached hydrogen (secondary N) is 1. The number of hydrogen-bond acceptors (Lipinski definition) is 3. The summed E-state index contributed by atoms with van der Waals surface area (Å²) in [4.78, 5) is 19.2. The molecule has 2 heterocycles. The van der Waals surface area contributed by atoms with Crippen LogP contribution in [0.15, 0.2) is 41.3 Å². The van der Waals surface area contributed by atoms with Gasteiger partial charge in [0.2, 0.25) is 0 Å². The number of hydrogen-bond donors (Lipinski definition) is 1. The minimum absolute atomic E-state index is 0.0305. The molecule has 0 atom stereocenters. The molecule has 20 heavy (non-hydrogen) atoms. The van der Waals surface area contributed by atoms with Crippen LogP contribution in [0.3, 0.4) is 0 Å². The van der Waals surface area contributed by atoms with Crippen LogP contribution in [0.25, 0.3) is 0 Å². The summed E-state index contributed by atoms with van der Waals surface area (Å²) in [6.45, 7) is 0. The number of amides is 1. The van der Waals surface area contributed by atoms with Gasteiger partial charge in [-0.2, -0.15) is 13.2 Å². The van der Waals surface area contributed by atoms with Crippen molar-refractivity contribution in [1.82, 2.24) is 9.97 Å². The van der Waals surface area contributed by atoms with E-state index in [1.165, 1.54) is 18.5 Å². The maximum atomic E-state index is 12.4. The molecule has 0 aliphatic rings. The average molecular weight is 346 g/mol. The molecule has 4 nitrogen and oxygen atoms in total. The third-order valence-electron chi connectivity index (χ3n) is 2.30. The summed E-state index contributed by atoms with van der Waals surface area (Å²) in [5, 5.41) is 2.39. The average Bonchev–Trinajstić information content (AvgIpc) is 2.38. The quantitative estimate of drug-likeness (QED) is 0.906. The van der Waals surface area contributed by atoms with E-state index in [2.05, 4.69) is 31.2 Å². The smallest absolute Gasteiger partial charge is 0.307 e. The molecular formula is C12H7BrF3N3O. The van der Waals surface area contributed by atoms with Gasteiger partial charge in [-0.3, -0.25) is 9.78 Å². The molecule has 0 aromatic carbocycles. The van der Waals surface area contributed by atoms with Crippen LogP contribution in [0, 0.1) is 0 Å². The summed E-state index contributed by atoms with van der Waals surface area (Å²) < 4.78 is 37.7. The second-order valence-electron chi connectivity index (χ2n) is 3.78. The van der Waals surface area contributed by atoms with E-state index in [0.29, 0.717) is 10.7 Å². The molecule has 0 fully saturated rings. The van der Waals surface area contributed by atoms with Gasteiger partial charge in [0.05, 0.1) is 11.1 Å². The van der Waals surface area contributed by atoms with E-state index in [0.717, 1.165) is 12.1 Å². The van der Waals surface area contributed by atoms with Gasteiger partial charge in [0.15, 0.2) is 0 Å². The Morgan fingerprint density at radius 1 is 1.20 bits per heavy atom. The minimum Gasteiger partial charge on any atom is -0.307 e. The number of carbonyl (C=O) groups is 1. The summed E-state index contributed by atoms with van der Waals surface area (Å²) in [6.07, 6.45) is -0.949. The van der Waals surface area contributed by atoms with Crippen molar-refractivity contribution in [2.24, 2.45) is 0 Å². The molecule has 8 heteroatoms. The summed E-state index contributed by atoms with van der Waals surface area (Å²) in [6, 6.07) is 3.47. The molecule has 0 radical (unpaired) electrons. The van der Waals surface area contributed by atoms with Crippen molar-refractivity contribution in [3.8, 4) is 0 Å². The molecule has 0 unspecified atom stereocenters. The second kappa shape index (κ2) is 5.58. The fraction of sp³-hybridized carbons (Fsp3) is 0.0833. The summed E-state index contributed by atoms with van der Waals surface area (Å²) >= 11 is 3.16. The highest BCUT2D eigenvalue weighted by Gasteiger charge is 2.30. The van der Waals surface area contributed by atoms with Gasteiger partial charge in [0.1, 0.15) is 5.82 Å². The van der Waals surface area contributed by atoms with Crippen molar-refractivity contribution in [2.45, 2.75) is 6.18 Å². The number of aromatic nitrogens is 2. The molecule has 0 aliphatic carbocycles. The predicted octanol–water partition coefficient (Wildman–Crippen LogP) is 3.51. The van der Waals surface area contributed by atoms with Crippen molar-refractivity contribution in [3.05, 3.63) is 52.4 Å². The van der Waals surface area contributed by atoms with Crippen LogP contribution in [-0.2, 0) is 6.18 Å². The van der Waals surface area contributed by atoms with E-state index >= 15 is 0 Å². The van der Waals surface area contributed by atoms with Gasteiger partial charge in [0.25, 0.3) is 5.91 Å². The van der Waals surface area contributed by atoms with E-state index in [9.17, 15) is 18.0 Å². The lowest BCUT2D eigenvalue weighted by Crippen LogP contribution is -2.14. The molecule has 1 amide bonds. The first-order valence-electron chi connectivity index (χ1n) is 5.31. The Morgan fingerprint density at radius 2 is 1.95 bits per heavy atom. The Labute approximate surface area is 120 Å². The summed E-state index contributed by atoms with van der Waals surface area (Å²) in [5.74, 6) is -0.478. The number of rotatable bonds is 2. The van der Waals surface area contributed by atoms with Crippen LogP contribution in [-0.4, -0.2) is 15.9 Å². The van der Waals surface area contributed by atoms with Crippen LogP contribution in [0.1, 0.15) is 15.9 Å². The molecule has 0 aliphatic heterocycles. The zero-order valence-electron chi connectivity index (χ0n) is 9.78. The van der Waals surface area contributed by atoms with Crippen molar-refractivity contribution in [1.29, 1.82) is 0 Å². The molecule has 0 bridgehead atoms. The number of nitrogens with zero attached hydrogens (tertiary/aromatic N) is 2. The Morgan fingerprint density at radius 3 is 2.50 bits per heavy atom. The molecule has 0 saturated heterocycles. The molecule has 0 spiro atoms. The van der Waals surface area contributed by atoms with Crippen LogP contribution < -0.4 is 5.32 Å². The molecule has 104 valence electrons. The Hall–Kier alpha value is -1.96. The lowest BCUT2D eigenvalue weighted by molar-refractivity contribution is -0.137. The van der Waals surface area contributed by atoms with Gasteiger partial charge in [-0.15, -0.1) is 0 Å². The number of alkyl halides is 3. The molecule has 0 saturated carbocycles. The first-order chi connectivity index (χ1) is 9.36. The largest absolute Gasteiger partial charge is 0.417 e. The monoisotopic (exact) mass is 345 g/mol. The number of anilines is 1. The molecular weight excluding hydrogens is 339 g/mol.